The van der Waals surface area contributed by atoms with Crippen molar-refractivity contribution in [2.45, 2.75) is 24.9 Å². The Morgan fingerprint density at radius 2 is 1.65 bits per heavy atom. The van der Waals surface area contributed by atoms with Crippen LogP contribution in [-0.2, 0) is 31.0 Å². The topological polar surface area (TPSA) is 105 Å². The van der Waals surface area contributed by atoms with Crippen molar-refractivity contribution in [3.63, 3.8) is 0 Å². The summed E-state index contributed by atoms with van der Waals surface area (Å²) < 4.78 is 16.3. The fourth-order valence-electron chi connectivity index (χ4n) is 3.85. The predicted molar refractivity (Wildman–Crippen MR) is 121 cm³/mol. The van der Waals surface area contributed by atoms with Crippen molar-refractivity contribution >= 4 is 17.7 Å². The highest BCUT2D eigenvalue weighted by molar-refractivity contribution is 5.96. The van der Waals surface area contributed by atoms with Crippen molar-refractivity contribution in [2.24, 2.45) is 0 Å². The van der Waals surface area contributed by atoms with E-state index in [-0.39, 0.29) is 12.3 Å². The lowest BCUT2D eigenvalue weighted by Gasteiger charge is -2.35. The van der Waals surface area contributed by atoms with Gasteiger partial charge in [0, 0.05) is 25.6 Å². The third-order valence-electron chi connectivity index (χ3n) is 5.81. The molecule has 2 heterocycles. The first-order valence-electron chi connectivity index (χ1n) is 10.9. The Hall–Kier alpha value is -3.91. The van der Waals surface area contributed by atoms with E-state index in [1.807, 2.05) is 30.3 Å². The molecule has 1 aliphatic heterocycles. The molecule has 2 aromatic carbocycles. The third-order valence-corrected chi connectivity index (χ3v) is 5.81. The van der Waals surface area contributed by atoms with Crippen molar-refractivity contribution in [1.82, 2.24) is 9.97 Å². The Morgan fingerprint density at radius 1 is 0.912 bits per heavy atom. The summed E-state index contributed by atoms with van der Waals surface area (Å²) in [7, 11) is 0. The maximum absolute atomic E-state index is 13.2. The molecule has 0 saturated carbocycles. The largest absolute Gasteiger partial charge is 0.457 e. The van der Waals surface area contributed by atoms with Gasteiger partial charge in [-0.3, -0.25) is 14.6 Å². The van der Waals surface area contributed by atoms with Crippen LogP contribution >= 0.6 is 0 Å². The van der Waals surface area contributed by atoms with E-state index in [0.717, 1.165) is 5.56 Å². The van der Waals surface area contributed by atoms with Crippen molar-refractivity contribution in [2.75, 3.05) is 19.8 Å². The zero-order valence-electron chi connectivity index (χ0n) is 18.5. The van der Waals surface area contributed by atoms with Gasteiger partial charge >= 0.3 is 11.9 Å². The molecule has 4 rings (SSSR count). The molecule has 1 aromatic heterocycles. The highest BCUT2D eigenvalue weighted by Crippen LogP contribution is 2.36. The molecule has 8 nitrogen and oxygen atoms in total. The van der Waals surface area contributed by atoms with Crippen LogP contribution in [0.3, 0.4) is 0 Å². The maximum atomic E-state index is 13.2. The lowest BCUT2D eigenvalue weighted by Crippen LogP contribution is -2.43. The minimum atomic E-state index is -0.965. The summed E-state index contributed by atoms with van der Waals surface area (Å²) in [6.07, 6.45) is 5.00. The lowest BCUT2D eigenvalue weighted by atomic mass is 9.74. The van der Waals surface area contributed by atoms with Crippen LogP contribution < -0.4 is 0 Å². The van der Waals surface area contributed by atoms with E-state index in [4.69, 9.17) is 14.2 Å². The molecule has 0 N–H and O–H groups in total. The van der Waals surface area contributed by atoms with Gasteiger partial charge in [0.25, 0.3) is 0 Å². The zero-order chi connectivity index (χ0) is 23.8. The SMILES string of the molecule is O=C(OCc1ccccc1)c1ccc(C2(C(=O)OCC(=O)c3cnccn3)CCOCC2)cc1. The molecule has 34 heavy (non-hydrogen) atoms. The molecule has 3 aromatic rings. The maximum Gasteiger partial charge on any atom is 0.338 e. The average molecular weight is 460 g/mol. The number of hydrogen-bond donors (Lipinski definition) is 0. The molecule has 0 unspecified atom stereocenters. The Morgan fingerprint density at radius 3 is 2.32 bits per heavy atom. The predicted octanol–water partition coefficient (Wildman–Crippen LogP) is 3.31. The van der Waals surface area contributed by atoms with Crippen LogP contribution in [0.25, 0.3) is 0 Å². The van der Waals surface area contributed by atoms with E-state index in [2.05, 4.69) is 9.97 Å². The first-order chi connectivity index (χ1) is 16.6. The normalized spacial score (nSPS) is 14.7. The highest BCUT2D eigenvalue weighted by Gasteiger charge is 2.43. The second kappa shape index (κ2) is 10.8. The second-order valence-electron chi connectivity index (χ2n) is 7.92. The summed E-state index contributed by atoms with van der Waals surface area (Å²) in [4.78, 5) is 45.7. The van der Waals surface area contributed by atoms with Gasteiger partial charge in [-0.25, -0.2) is 9.78 Å². The third kappa shape index (κ3) is 5.35. The quantitative estimate of drug-likeness (QED) is 0.372. The molecule has 0 radical (unpaired) electrons. The van der Waals surface area contributed by atoms with E-state index >= 15 is 0 Å². The highest BCUT2D eigenvalue weighted by atomic mass is 16.5. The van der Waals surface area contributed by atoms with Gasteiger partial charge in [-0.15, -0.1) is 0 Å². The summed E-state index contributed by atoms with van der Waals surface area (Å²) >= 11 is 0. The lowest BCUT2D eigenvalue weighted by molar-refractivity contribution is -0.153. The fourth-order valence-corrected chi connectivity index (χ4v) is 3.85. The molecule has 0 spiro atoms. The zero-order valence-corrected chi connectivity index (χ0v) is 18.5. The second-order valence-corrected chi connectivity index (χ2v) is 7.92. The van der Waals surface area contributed by atoms with Crippen LogP contribution in [0.5, 0.6) is 0 Å². The number of Topliss-reactive ketones (excluding diaryl/α,β-unsaturated/α-hetero) is 1. The van der Waals surface area contributed by atoms with E-state index in [0.29, 0.717) is 37.2 Å². The Balaban J connectivity index is 1.44. The van der Waals surface area contributed by atoms with Gasteiger partial charge < -0.3 is 14.2 Å². The van der Waals surface area contributed by atoms with Crippen LogP contribution in [0.1, 0.15) is 44.8 Å². The summed E-state index contributed by atoms with van der Waals surface area (Å²) in [5.41, 5.74) is 1.15. The molecule has 0 aliphatic carbocycles. The molecular weight excluding hydrogens is 436 g/mol. The summed E-state index contributed by atoms with van der Waals surface area (Å²) in [6, 6.07) is 16.2. The van der Waals surface area contributed by atoms with Crippen LogP contribution in [0.4, 0.5) is 0 Å². The molecule has 0 atom stereocenters. The summed E-state index contributed by atoms with van der Waals surface area (Å²) in [5, 5.41) is 0. The molecule has 1 saturated heterocycles. The molecular formula is C26H24N2O6. The fraction of sp³-hybridized carbons (Fsp3) is 0.269. The van der Waals surface area contributed by atoms with Crippen molar-refractivity contribution in [3.05, 3.63) is 95.6 Å². The number of carbonyl (C=O) groups is 3. The van der Waals surface area contributed by atoms with E-state index in [1.54, 1.807) is 24.3 Å². The van der Waals surface area contributed by atoms with Crippen LogP contribution in [0, 0.1) is 0 Å². The average Bonchev–Trinajstić information content (AvgIpc) is 2.91. The Kier molecular flexibility index (Phi) is 7.39. The van der Waals surface area contributed by atoms with Gasteiger partial charge in [-0.1, -0.05) is 42.5 Å². The number of benzene rings is 2. The number of hydrogen-bond acceptors (Lipinski definition) is 8. The Bertz CT molecular complexity index is 1130. The number of carbonyl (C=O) groups excluding carboxylic acids is 3. The summed E-state index contributed by atoms with van der Waals surface area (Å²) in [5.74, 6) is -1.39. The van der Waals surface area contributed by atoms with Crippen LogP contribution in [-0.4, -0.2) is 47.5 Å². The molecule has 8 heteroatoms. The smallest absolute Gasteiger partial charge is 0.338 e. The van der Waals surface area contributed by atoms with E-state index < -0.39 is 29.7 Å². The van der Waals surface area contributed by atoms with Gasteiger partial charge in [0.1, 0.15) is 12.3 Å². The molecule has 1 fully saturated rings. The summed E-state index contributed by atoms with van der Waals surface area (Å²) in [6.45, 7) is 0.515. The van der Waals surface area contributed by atoms with Crippen LogP contribution in [0.15, 0.2) is 73.2 Å². The number of ether oxygens (including phenoxy) is 3. The standard InChI is InChI=1S/C26H24N2O6/c29-23(22-16-27-12-13-28-22)18-34-25(31)26(10-14-32-15-11-26)21-8-6-20(7-9-21)24(30)33-17-19-4-2-1-3-5-19/h1-9,12-13,16H,10-11,14-15,17-18H2. The van der Waals surface area contributed by atoms with Crippen molar-refractivity contribution < 1.29 is 28.6 Å². The first kappa shape index (κ1) is 23.3. The molecule has 0 bridgehead atoms. The monoisotopic (exact) mass is 460 g/mol. The molecule has 0 amide bonds. The van der Waals surface area contributed by atoms with Gasteiger partial charge in [0.15, 0.2) is 6.61 Å². The van der Waals surface area contributed by atoms with E-state index in [1.165, 1.54) is 18.6 Å². The van der Waals surface area contributed by atoms with Gasteiger partial charge in [0.2, 0.25) is 5.78 Å². The Labute approximate surface area is 196 Å². The number of esters is 2. The number of aromatic nitrogens is 2. The number of rotatable bonds is 8. The minimum Gasteiger partial charge on any atom is -0.457 e. The van der Waals surface area contributed by atoms with Gasteiger partial charge in [-0.05, 0) is 36.1 Å². The number of nitrogens with zero attached hydrogens (tertiary/aromatic N) is 2. The van der Waals surface area contributed by atoms with Gasteiger partial charge in [0.05, 0.1) is 17.2 Å². The van der Waals surface area contributed by atoms with Crippen molar-refractivity contribution in [3.8, 4) is 0 Å². The van der Waals surface area contributed by atoms with E-state index in [9.17, 15) is 14.4 Å². The molecule has 174 valence electrons. The first-order valence-corrected chi connectivity index (χ1v) is 10.9. The van der Waals surface area contributed by atoms with Crippen LogP contribution in [0.2, 0.25) is 0 Å². The molecule has 1 aliphatic rings. The minimum absolute atomic E-state index is 0.134. The number of ketones is 1. The van der Waals surface area contributed by atoms with Crippen molar-refractivity contribution in [1.29, 1.82) is 0 Å². The van der Waals surface area contributed by atoms with Gasteiger partial charge in [-0.2, -0.15) is 0 Å².